The molecule has 0 fully saturated rings. The molecule has 0 aromatic heterocycles. The van der Waals surface area contributed by atoms with Crippen LogP contribution < -0.4 is 14.8 Å². The van der Waals surface area contributed by atoms with Gasteiger partial charge in [-0.15, -0.1) is 0 Å². The molecule has 134 valence electrons. The van der Waals surface area contributed by atoms with E-state index in [0.717, 1.165) is 4.47 Å². The van der Waals surface area contributed by atoms with Gasteiger partial charge in [-0.3, -0.25) is 4.79 Å². The van der Waals surface area contributed by atoms with Crippen molar-refractivity contribution in [3.8, 4) is 5.75 Å². The highest BCUT2D eigenvalue weighted by atomic mass is 79.9. The second kappa shape index (κ2) is 8.18. The minimum atomic E-state index is -3.61. The number of halogens is 2. The molecule has 0 spiro atoms. The fourth-order valence-electron chi connectivity index (χ4n) is 2.01. The lowest BCUT2D eigenvalue weighted by atomic mass is 10.2. The molecule has 0 aliphatic rings. The number of ether oxygens (including phenoxy) is 1. The van der Waals surface area contributed by atoms with Gasteiger partial charge in [-0.05, 0) is 49.9 Å². The number of benzene rings is 2. The Morgan fingerprint density at radius 3 is 2.60 bits per heavy atom. The Bertz CT molecular complexity index is 903. The molecule has 1 amide bonds. The Hall–Kier alpha value is -1.61. The third-order valence-electron chi connectivity index (χ3n) is 3.28. The third kappa shape index (κ3) is 5.18. The highest BCUT2D eigenvalue weighted by Gasteiger charge is 2.16. The summed E-state index contributed by atoms with van der Waals surface area (Å²) < 4.78 is 32.4. The number of aryl methyl sites for hydroxylation is 1. The fourth-order valence-corrected chi connectivity index (χ4v) is 3.73. The number of rotatable bonds is 6. The zero-order chi connectivity index (χ0) is 18.6. The summed E-state index contributed by atoms with van der Waals surface area (Å²) in [6.45, 7) is 1.41. The van der Waals surface area contributed by atoms with Crippen molar-refractivity contribution in [3.05, 3.63) is 51.5 Å². The van der Waals surface area contributed by atoms with Gasteiger partial charge in [-0.1, -0.05) is 33.6 Å². The maximum absolute atomic E-state index is 12.0. The van der Waals surface area contributed by atoms with Crippen LogP contribution in [0.4, 0.5) is 5.69 Å². The minimum Gasteiger partial charge on any atom is -0.482 e. The van der Waals surface area contributed by atoms with E-state index in [-0.39, 0.29) is 11.5 Å². The van der Waals surface area contributed by atoms with Gasteiger partial charge in [0.25, 0.3) is 5.91 Å². The van der Waals surface area contributed by atoms with Crippen LogP contribution in [0.15, 0.2) is 45.8 Å². The fraction of sp³-hybridized carbons (Fsp3) is 0.188. The van der Waals surface area contributed by atoms with Crippen LogP contribution in [0, 0.1) is 6.92 Å². The smallest absolute Gasteiger partial charge is 0.262 e. The van der Waals surface area contributed by atoms with Crippen LogP contribution in [0.2, 0.25) is 5.02 Å². The lowest BCUT2D eigenvalue weighted by molar-refractivity contribution is -0.118. The van der Waals surface area contributed by atoms with E-state index in [1.54, 1.807) is 37.3 Å². The van der Waals surface area contributed by atoms with Crippen molar-refractivity contribution in [1.82, 2.24) is 4.72 Å². The van der Waals surface area contributed by atoms with Crippen LogP contribution in [0.1, 0.15) is 5.56 Å². The van der Waals surface area contributed by atoms with Crippen LogP contribution in [0.3, 0.4) is 0 Å². The van der Waals surface area contributed by atoms with Crippen LogP contribution in [-0.2, 0) is 14.8 Å². The number of carbonyl (C=O) groups excluding carboxylic acids is 1. The van der Waals surface area contributed by atoms with Gasteiger partial charge in [0.15, 0.2) is 6.61 Å². The van der Waals surface area contributed by atoms with Crippen molar-refractivity contribution in [2.75, 3.05) is 19.0 Å². The molecule has 0 aliphatic carbocycles. The summed E-state index contributed by atoms with van der Waals surface area (Å²) in [6.07, 6.45) is 0. The van der Waals surface area contributed by atoms with E-state index < -0.39 is 15.9 Å². The first kappa shape index (κ1) is 19.7. The summed E-state index contributed by atoms with van der Waals surface area (Å²) in [4.78, 5) is 12.1. The molecule has 2 aromatic rings. The van der Waals surface area contributed by atoms with Crippen molar-refractivity contribution < 1.29 is 17.9 Å². The summed E-state index contributed by atoms with van der Waals surface area (Å²) in [5.74, 6) is -0.0574. The van der Waals surface area contributed by atoms with Gasteiger partial charge < -0.3 is 10.1 Å². The molecule has 0 atom stereocenters. The number of amides is 1. The van der Waals surface area contributed by atoms with Gasteiger partial charge in [0.2, 0.25) is 10.0 Å². The predicted molar refractivity (Wildman–Crippen MR) is 101 cm³/mol. The van der Waals surface area contributed by atoms with E-state index in [9.17, 15) is 13.2 Å². The molecule has 0 aliphatic heterocycles. The quantitative estimate of drug-likeness (QED) is 0.711. The average molecular weight is 448 g/mol. The highest BCUT2D eigenvalue weighted by molar-refractivity contribution is 9.10. The molecular formula is C16H16BrClN2O4S. The summed E-state index contributed by atoms with van der Waals surface area (Å²) in [7, 11) is -2.28. The normalized spacial score (nSPS) is 11.2. The van der Waals surface area contributed by atoms with Crippen molar-refractivity contribution in [3.63, 3.8) is 0 Å². The summed E-state index contributed by atoms with van der Waals surface area (Å²) in [5, 5.41) is 2.97. The highest BCUT2D eigenvalue weighted by Crippen LogP contribution is 2.27. The molecule has 0 radical (unpaired) electrons. The van der Waals surface area contributed by atoms with Crippen LogP contribution in [-0.4, -0.2) is 28.0 Å². The summed E-state index contributed by atoms with van der Waals surface area (Å²) in [6, 6.07) is 9.67. The number of hydrogen-bond donors (Lipinski definition) is 2. The van der Waals surface area contributed by atoms with Crippen LogP contribution in [0.5, 0.6) is 5.75 Å². The molecule has 0 heterocycles. The predicted octanol–water partition coefficient (Wildman–Crippen LogP) is 3.34. The first-order valence-corrected chi connectivity index (χ1v) is 9.80. The second-order valence-electron chi connectivity index (χ2n) is 5.10. The number of carbonyl (C=O) groups is 1. The first-order valence-electron chi connectivity index (χ1n) is 7.15. The number of nitrogens with one attached hydrogen (secondary N) is 2. The summed E-state index contributed by atoms with van der Waals surface area (Å²) in [5.41, 5.74) is 0.931. The lowest BCUT2D eigenvalue weighted by Crippen LogP contribution is -2.22. The lowest BCUT2D eigenvalue weighted by Gasteiger charge is -2.11. The van der Waals surface area contributed by atoms with Crippen molar-refractivity contribution >= 4 is 49.1 Å². The van der Waals surface area contributed by atoms with E-state index in [4.69, 9.17) is 16.3 Å². The Morgan fingerprint density at radius 2 is 1.96 bits per heavy atom. The SMILES string of the molecule is CNS(=O)(=O)c1cc(NC(=O)COc2ccc(Br)cc2Cl)ccc1C. The Kier molecular flexibility index (Phi) is 6.45. The van der Waals surface area contributed by atoms with Crippen LogP contribution in [0.25, 0.3) is 0 Å². The molecule has 0 saturated heterocycles. The molecule has 25 heavy (non-hydrogen) atoms. The van der Waals surface area contributed by atoms with Gasteiger partial charge in [0.05, 0.1) is 9.92 Å². The summed E-state index contributed by atoms with van der Waals surface area (Å²) >= 11 is 9.30. The molecule has 0 unspecified atom stereocenters. The molecule has 6 nitrogen and oxygen atoms in total. The Labute approximate surface area is 159 Å². The van der Waals surface area contributed by atoms with E-state index in [1.165, 1.54) is 13.1 Å². The number of hydrogen-bond acceptors (Lipinski definition) is 4. The molecule has 2 rings (SSSR count). The molecule has 9 heteroatoms. The zero-order valence-corrected chi connectivity index (χ0v) is 16.6. The topological polar surface area (TPSA) is 84.5 Å². The van der Waals surface area contributed by atoms with Gasteiger partial charge in [0, 0.05) is 10.2 Å². The second-order valence-corrected chi connectivity index (χ2v) is 8.28. The van der Waals surface area contributed by atoms with E-state index in [0.29, 0.717) is 22.0 Å². The molecule has 2 aromatic carbocycles. The largest absolute Gasteiger partial charge is 0.482 e. The van der Waals surface area contributed by atoms with E-state index in [2.05, 4.69) is 26.0 Å². The zero-order valence-electron chi connectivity index (χ0n) is 13.5. The molecule has 0 saturated carbocycles. The average Bonchev–Trinajstić information content (AvgIpc) is 2.55. The van der Waals surface area contributed by atoms with E-state index >= 15 is 0 Å². The molecular weight excluding hydrogens is 432 g/mol. The van der Waals surface area contributed by atoms with E-state index in [1.807, 2.05) is 0 Å². The van der Waals surface area contributed by atoms with Gasteiger partial charge in [-0.25, -0.2) is 13.1 Å². The maximum Gasteiger partial charge on any atom is 0.262 e. The third-order valence-corrected chi connectivity index (χ3v) is 5.63. The maximum atomic E-state index is 12.0. The molecule has 0 bridgehead atoms. The Balaban J connectivity index is 2.07. The first-order chi connectivity index (χ1) is 11.7. The van der Waals surface area contributed by atoms with Gasteiger partial charge in [0.1, 0.15) is 5.75 Å². The Morgan fingerprint density at radius 1 is 1.24 bits per heavy atom. The molecule has 2 N–H and O–H groups in total. The monoisotopic (exact) mass is 446 g/mol. The van der Waals surface area contributed by atoms with Crippen molar-refractivity contribution in [2.45, 2.75) is 11.8 Å². The van der Waals surface area contributed by atoms with Gasteiger partial charge in [-0.2, -0.15) is 0 Å². The van der Waals surface area contributed by atoms with Gasteiger partial charge >= 0.3 is 0 Å². The minimum absolute atomic E-state index is 0.102. The van der Waals surface area contributed by atoms with Crippen molar-refractivity contribution in [2.24, 2.45) is 0 Å². The standard InChI is InChI=1S/C16H16BrClN2O4S/c1-10-3-5-12(8-15(10)25(22,23)19-2)20-16(21)9-24-14-6-4-11(17)7-13(14)18/h3-8,19H,9H2,1-2H3,(H,20,21). The van der Waals surface area contributed by atoms with Crippen molar-refractivity contribution in [1.29, 1.82) is 0 Å². The number of sulfonamides is 1. The van der Waals surface area contributed by atoms with Crippen LogP contribution >= 0.6 is 27.5 Å². The number of anilines is 1.